The van der Waals surface area contributed by atoms with E-state index in [2.05, 4.69) is 20.6 Å². The molecule has 0 amide bonds. The summed E-state index contributed by atoms with van der Waals surface area (Å²) in [5.41, 5.74) is 0. The lowest BCUT2D eigenvalue weighted by molar-refractivity contribution is 0.320. The van der Waals surface area contributed by atoms with Gasteiger partial charge in [-0.15, -0.1) is 35.3 Å². The van der Waals surface area contributed by atoms with Crippen LogP contribution >= 0.6 is 35.3 Å². The largest absolute Gasteiger partial charge is 0.492 e. The van der Waals surface area contributed by atoms with E-state index in [1.165, 1.54) is 17.0 Å². The number of thiazole rings is 1. The number of aromatic nitrogens is 1. The van der Waals surface area contributed by atoms with Gasteiger partial charge >= 0.3 is 0 Å². The van der Waals surface area contributed by atoms with Gasteiger partial charge in [-0.05, 0) is 19.1 Å². The molecule has 0 aliphatic rings. The molecule has 0 unspecified atom stereocenters. The standard InChI is InChI=1S/C16H21FN4OS.HI/c1-12-11-21-15(23-12)6-7-19-16(18-2)20-8-9-22-14-5-3-4-13(17)10-14;/h3-5,10-11H,6-9H2,1-2H3,(H2,18,19,20);1H. The van der Waals surface area contributed by atoms with Gasteiger partial charge in [0.2, 0.25) is 0 Å². The first-order chi connectivity index (χ1) is 11.2. The van der Waals surface area contributed by atoms with Crippen molar-refractivity contribution in [3.63, 3.8) is 0 Å². The SMILES string of the molecule is CN=C(NCCOc1cccc(F)c1)NCCc1ncc(C)s1.I. The molecule has 0 spiro atoms. The molecule has 0 saturated heterocycles. The minimum absolute atomic E-state index is 0. The highest BCUT2D eigenvalue weighted by Crippen LogP contribution is 2.11. The van der Waals surface area contributed by atoms with Crippen LogP contribution in [0.2, 0.25) is 0 Å². The Morgan fingerprint density at radius 1 is 1.33 bits per heavy atom. The number of guanidine groups is 1. The molecule has 0 bridgehead atoms. The van der Waals surface area contributed by atoms with Crippen LogP contribution in [0.15, 0.2) is 35.5 Å². The van der Waals surface area contributed by atoms with E-state index in [1.807, 2.05) is 13.1 Å². The van der Waals surface area contributed by atoms with Crippen molar-refractivity contribution in [2.75, 3.05) is 26.7 Å². The fraction of sp³-hybridized carbons (Fsp3) is 0.375. The van der Waals surface area contributed by atoms with E-state index in [4.69, 9.17) is 4.74 Å². The van der Waals surface area contributed by atoms with Gasteiger partial charge in [0, 0.05) is 37.2 Å². The van der Waals surface area contributed by atoms with Gasteiger partial charge in [0.25, 0.3) is 0 Å². The molecule has 2 aromatic rings. The van der Waals surface area contributed by atoms with Crippen LogP contribution in [-0.4, -0.2) is 37.7 Å². The molecule has 2 rings (SSSR count). The van der Waals surface area contributed by atoms with E-state index in [9.17, 15) is 4.39 Å². The number of hydrogen-bond acceptors (Lipinski definition) is 4. The maximum Gasteiger partial charge on any atom is 0.191 e. The first kappa shape index (κ1) is 20.6. The Bertz CT molecular complexity index is 651. The van der Waals surface area contributed by atoms with Crippen molar-refractivity contribution >= 4 is 41.3 Å². The number of benzene rings is 1. The average Bonchev–Trinajstić information content (AvgIpc) is 2.95. The highest BCUT2D eigenvalue weighted by atomic mass is 127. The summed E-state index contributed by atoms with van der Waals surface area (Å²) < 4.78 is 18.5. The van der Waals surface area contributed by atoms with Crippen molar-refractivity contribution in [1.82, 2.24) is 15.6 Å². The molecule has 0 saturated carbocycles. The lowest BCUT2D eigenvalue weighted by Crippen LogP contribution is -2.40. The van der Waals surface area contributed by atoms with Gasteiger partial charge in [-0.25, -0.2) is 9.37 Å². The van der Waals surface area contributed by atoms with E-state index in [0.29, 0.717) is 24.9 Å². The fourth-order valence-corrected chi connectivity index (χ4v) is 2.71. The maximum absolute atomic E-state index is 13.0. The van der Waals surface area contributed by atoms with E-state index in [0.717, 1.165) is 18.0 Å². The number of aryl methyl sites for hydroxylation is 1. The van der Waals surface area contributed by atoms with Crippen molar-refractivity contribution in [3.05, 3.63) is 46.2 Å². The van der Waals surface area contributed by atoms with E-state index < -0.39 is 0 Å². The molecule has 0 fully saturated rings. The van der Waals surface area contributed by atoms with Gasteiger partial charge in [-0.3, -0.25) is 4.99 Å². The molecular formula is C16H22FIN4OS. The number of nitrogens with one attached hydrogen (secondary N) is 2. The minimum atomic E-state index is -0.301. The normalized spacial score (nSPS) is 10.9. The molecule has 2 N–H and O–H groups in total. The smallest absolute Gasteiger partial charge is 0.191 e. The Hall–Kier alpha value is -1.42. The zero-order chi connectivity index (χ0) is 16.5. The van der Waals surface area contributed by atoms with Crippen LogP contribution < -0.4 is 15.4 Å². The van der Waals surface area contributed by atoms with Crippen molar-refractivity contribution < 1.29 is 9.13 Å². The van der Waals surface area contributed by atoms with Crippen molar-refractivity contribution in [1.29, 1.82) is 0 Å². The Balaban J connectivity index is 0.00000288. The molecule has 1 aromatic carbocycles. The van der Waals surface area contributed by atoms with Gasteiger partial charge in [0.1, 0.15) is 18.2 Å². The molecule has 24 heavy (non-hydrogen) atoms. The summed E-state index contributed by atoms with van der Waals surface area (Å²) >= 11 is 1.71. The molecule has 0 aliphatic carbocycles. The molecule has 132 valence electrons. The van der Waals surface area contributed by atoms with Crippen molar-refractivity contribution in [2.24, 2.45) is 4.99 Å². The second kappa shape index (κ2) is 11.2. The number of nitrogens with zero attached hydrogens (tertiary/aromatic N) is 2. The van der Waals surface area contributed by atoms with Crippen LogP contribution in [-0.2, 0) is 6.42 Å². The lowest BCUT2D eigenvalue weighted by Gasteiger charge is -2.12. The monoisotopic (exact) mass is 464 g/mol. The number of rotatable bonds is 7. The number of hydrogen-bond donors (Lipinski definition) is 2. The number of ether oxygens (including phenoxy) is 1. The molecule has 5 nitrogen and oxygen atoms in total. The van der Waals surface area contributed by atoms with Gasteiger partial charge in [0.15, 0.2) is 5.96 Å². The lowest BCUT2D eigenvalue weighted by atomic mass is 10.3. The van der Waals surface area contributed by atoms with E-state index in [-0.39, 0.29) is 29.8 Å². The van der Waals surface area contributed by atoms with Gasteiger partial charge in [0.05, 0.1) is 11.6 Å². The Labute approximate surface area is 162 Å². The second-order valence-electron chi connectivity index (χ2n) is 4.85. The third kappa shape index (κ3) is 7.43. The predicted octanol–water partition coefficient (Wildman–Crippen LogP) is 3.00. The first-order valence-corrected chi connectivity index (χ1v) is 8.23. The first-order valence-electron chi connectivity index (χ1n) is 7.41. The summed E-state index contributed by atoms with van der Waals surface area (Å²) in [7, 11) is 1.72. The molecule has 0 aliphatic heterocycles. The molecule has 0 atom stereocenters. The Kier molecular flexibility index (Phi) is 9.62. The maximum atomic E-state index is 13.0. The predicted molar refractivity (Wildman–Crippen MR) is 107 cm³/mol. The number of aliphatic imine (C=N–C) groups is 1. The van der Waals surface area contributed by atoms with Gasteiger partial charge in [-0.2, -0.15) is 0 Å². The van der Waals surface area contributed by atoms with Crippen LogP contribution in [0.5, 0.6) is 5.75 Å². The third-order valence-electron chi connectivity index (χ3n) is 2.98. The van der Waals surface area contributed by atoms with E-state index >= 15 is 0 Å². The molecular weight excluding hydrogens is 442 g/mol. The topological polar surface area (TPSA) is 58.5 Å². The molecule has 1 heterocycles. The Morgan fingerprint density at radius 3 is 2.79 bits per heavy atom. The highest BCUT2D eigenvalue weighted by Gasteiger charge is 2.01. The van der Waals surface area contributed by atoms with Crippen LogP contribution in [0, 0.1) is 12.7 Å². The minimum Gasteiger partial charge on any atom is -0.492 e. The third-order valence-corrected chi connectivity index (χ3v) is 3.96. The highest BCUT2D eigenvalue weighted by molar-refractivity contribution is 14.0. The zero-order valence-corrected chi connectivity index (χ0v) is 16.9. The van der Waals surface area contributed by atoms with Crippen LogP contribution in [0.4, 0.5) is 4.39 Å². The summed E-state index contributed by atoms with van der Waals surface area (Å²) in [6.45, 7) is 3.81. The van der Waals surface area contributed by atoms with Gasteiger partial charge < -0.3 is 15.4 Å². The number of halogens is 2. The summed E-state index contributed by atoms with van der Waals surface area (Å²) in [6.07, 6.45) is 2.75. The summed E-state index contributed by atoms with van der Waals surface area (Å²) in [5, 5.41) is 7.48. The molecule has 8 heteroatoms. The Morgan fingerprint density at radius 2 is 2.12 bits per heavy atom. The van der Waals surface area contributed by atoms with Crippen molar-refractivity contribution in [3.8, 4) is 5.75 Å². The van der Waals surface area contributed by atoms with E-state index in [1.54, 1.807) is 30.5 Å². The average molecular weight is 464 g/mol. The summed E-state index contributed by atoms with van der Waals surface area (Å²) in [4.78, 5) is 9.69. The molecule has 0 radical (unpaired) electrons. The molecule has 1 aromatic heterocycles. The second-order valence-corrected chi connectivity index (χ2v) is 6.17. The van der Waals surface area contributed by atoms with Crippen LogP contribution in [0.3, 0.4) is 0 Å². The van der Waals surface area contributed by atoms with Crippen LogP contribution in [0.1, 0.15) is 9.88 Å². The summed E-state index contributed by atoms with van der Waals surface area (Å²) in [5.74, 6) is 0.931. The van der Waals surface area contributed by atoms with Crippen LogP contribution in [0.25, 0.3) is 0 Å². The fourth-order valence-electron chi connectivity index (χ4n) is 1.92. The van der Waals surface area contributed by atoms with Crippen molar-refractivity contribution in [2.45, 2.75) is 13.3 Å². The zero-order valence-electron chi connectivity index (χ0n) is 13.7. The quantitative estimate of drug-likeness (QED) is 0.286. The van der Waals surface area contributed by atoms with Gasteiger partial charge in [-0.1, -0.05) is 6.07 Å². The summed E-state index contributed by atoms with van der Waals surface area (Å²) in [6, 6.07) is 6.11.